The van der Waals surface area contributed by atoms with Crippen molar-refractivity contribution in [2.45, 2.75) is 39.0 Å². The molecule has 1 aliphatic heterocycles. The number of piperidine rings is 1. The van der Waals surface area contributed by atoms with Gasteiger partial charge in [0.2, 0.25) is 0 Å². The smallest absolute Gasteiger partial charge is 0.0223 e. The van der Waals surface area contributed by atoms with Gasteiger partial charge in [-0.2, -0.15) is 0 Å². The highest BCUT2D eigenvalue weighted by Gasteiger charge is 2.17. The van der Waals surface area contributed by atoms with Gasteiger partial charge in [-0.15, -0.1) is 11.6 Å². The zero-order chi connectivity index (χ0) is 9.52. The highest BCUT2D eigenvalue weighted by atomic mass is 35.5. The van der Waals surface area contributed by atoms with E-state index in [2.05, 4.69) is 11.8 Å². The summed E-state index contributed by atoms with van der Waals surface area (Å²) in [6, 6.07) is 0. The minimum absolute atomic E-state index is 0.824. The molecule has 1 fully saturated rings. The van der Waals surface area contributed by atoms with Crippen LogP contribution in [0, 0.1) is 5.92 Å². The zero-order valence-corrected chi connectivity index (χ0v) is 9.52. The van der Waals surface area contributed by atoms with Gasteiger partial charge in [0.1, 0.15) is 0 Å². The molecule has 0 spiro atoms. The van der Waals surface area contributed by atoms with Crippen molar-refractivity contribution in [1.82, 2.24) is 4.90 Å². The molecular weight excluding hydrogens is 182 g/mol. The first-order chi connectivity index (χ1) is 6.36. The van der Waals surface area contributed by atoms with Crippen LogP contribution in [-0.4, -0.2) is 30.4 Å². The van der Waals surface area contributed by atoms with Crippen LogP contribution in [-0.2, 0) is 0 Å². The Morgan fingerprint density at radius 3 is 2.92 bits per heavy atom. The fraction of sp³-hybridized carbons (Fsp3) is 1.00. The average molecular weight is 204 g/mol. The van der Waals surface area contributed by atoms with E-state index >= 15 is 0 Å². The summed E-state index contributed by atoms with van der Waals surface area (Å²) >= 11 is 5.66. The van der Waals surface area contributed by atoms with E-state index in [1.54, 1.807) is 0 Å². The van der Waals surface area contributed by atoms with Crippen LogP contribution in [0.25, 0.3) is 0 Å². The Hall–Kier alpha value is 0.250. The summed E-state index contributed by atoms with van der Waals surface area (Å²) in [5.74, 6) is 1.79. The topological polar surface area (TPSA) is 3.24 Å². The summed E-state index contributed by atoms with van der Waals surface area (Å²) in [5.41, 5.74) is 0. The Kier molecular flexibility index (Phi) is 5.81. The van der Waals surface area contributed by atoms with E-state index in [1.165, 1.54) is 51.7 Å². The molecule has 1 aliphatic rings. The van der Waals surface area contributed by atoms with Gasteiger partial charge in [-0.25, -0.2) is 0 Å². The Morgan fingerprint density at radius 2 is 2.23 bits per heavy atom. The number of unbranched alkanes of at least 4 members (excludes halogenated alkanes) is 1. The van der Waals surface area contributed by atoms with Crippen molar-refractivity contribution < 1.29 is 0 Å². The second-order valence-electron chi connectivity index (χ2n) is 4.11. The summed E-state index contributed by atoms with van der Waals surface area (Å²) < 4.78 is 0. The third-order valence-corrected chi connectivity index (χ3v) is 3.31. The van der Waals surface area contributed by atoms with Gasteiger partial charge < -0.3 is 4.90 Å². The quantitative estimate of drug-likeness (QED) is 0.490. The van der Waals surface area contributed by atoms with Crippen molar-refractivity contribution in [3.8, 4) is 0 Å². The van der Waals surface area contributed by atoms with Crippen molar-refractivity contribution in [2.24, 2.45) is 5.92 Å². The largest absolute Gasteiger partial charge is 0.303 e. The van der Waals surface area contributed by atoms with Gasteiger partial charge >= 0.3 is 0 Å². The average Bonchev–Trinajstić information content (AvgIpc) is 2.19. The highest BCUT2D eigenvalue weighted by molar-refractivity contribution is 6.17. The molecule has 0 aromatic heterocycles. The molecular formula is C11H22ClN. The second kappa shape index (κ2) is 6.67. The van der Waals surface area contributed by atoms with E-state index in [0.717, 1.165) is 11.8 Å². The first-order valence-electron chi connectivity index (χ1n) is 5.65. The summed E-state index contributed by atoms with van der Waals surface area (Å²) in [6.45, 7) is 6.23. The van der Waals surface area contributed by atoms with Crippen LogP contribution >= 0.6 is 11.6 Å². The normalized spacial score (nSPS) is 24.9. The summed E-state index contributed by atoms with van der Waals surface area (Å²) in [7, 11) is 0. The van der Waals surface area contributed by atoms with Gasteiger partial charge in [0.25, 0.3) is 0 Å². The van der Waals surface area contributed by atoms with Gasteiger partial charge in [0, 0.05) is 12.4 Å². The lowest BCUT2D eigenvalue weighted by Gasteiger charge is -2.32. The molecule has 13 heavy (non-hydrogen) atoms. The van der Waals surface area contributed by atoms with Gasteiger partial charge in [-0.05, 0) is 44.7 Å². The molecule has 1 heterocycles. The molecule has 1 saturated heterocycles. The fourth-order valence-electron chi connectivity index (χ4n) is 2.12. The minimum atomic E-state index is 0.824. The molecule has 0 aliphatic carbocycles. The van der Waals surface area contributed by atoms with E-state index in [9.17, 15) is 0 Å². The summed E-state index contributed by atoms with van der Waals surface area (Å²) in [4.78, 5) is 2.62. The molecule has 1 nitrogen and oxygen atoms in total. The van der Waals surface area contributed by atoms with Crippen molar-refractivity contribution in [3.63, 3.8) is 0 Å². The first kappa shape index (κ1) is 11.3. The SMILES string of the molecule is CCC1CCCN(CCCCCl)C1. The second-order valence-corrected chi connectivity index (χ2v) is 4.49. The van der Waals surface area contributed by atoms with Crippen molar-refractivity contribution in [2.75, 3.05) is 25.5 Å². The molecule has 0 bridgehead atoms. The number of rotatable bonds is 5. The van der Waals surface area contributed by atoms with E-state index in [0.29, 0.717) is 0 Å². The highest BCUT2D eigenvalue weighted by Crippen LogP contribution is 2.19. The monoisotopic (exact) mass is 203 g/mol. The zero-order valence-electron chi connectivity index (χ0n) is 8.77. The molecule has 0 saturated carbocycles. The van der Waals surface area contributed by atoms with Crippen LogP contribution < -0.4 is 0 Å². The van der Waals surface area contributed by atoms with E-state index in [-0.39, 0.29) is 0 Å². The summed E-state index contributed by atoms with van der Waals surface area (Å²) in [6.07, 6.45) is 6.66. The lowest BCUT2D eigenvalue weighted by atomic mass is 9.95. The van der Waals surface area contributed by atoms with Crippen LogP contribution in [0.15, 0.2) is 0 Å². The van der Waals surface area contributed by atoms with Crippen molar-refractivity contribution in [3.05, 3.63) is 0 Å². The molecule has 1 atom stereocenters. The van der Waals surface area contributed by atoms with Gasteiger partial charge in [-0.3, -0.25) is 0 Å². The molecule has 1 rings (SSSR count). The maximum absolute atomic E-state index is 5.66. The van der Waals surface area contributed by atoms with Gasteiger partial charge in [0.05, 0.1) is 0 Å². The molecule has 0 radical (unpaired) electrons. The number of alkyl halides is 1. The fourth-order valence-corrected chi connectivity index (χ4v) is 2.31. The first-order valence-corrected chi connectivity index (χ1v) is 6.18. The Labute approximate surface area is 87.4 Å². The van der Waals surface area contributed by atoms with E-state index in [1.807, 2.05) is 0 Å². The van der Waals surface area contributed by atoms with Gasteiger partial charge in [0.15, 0.2) is 0 Å². The van der Waals surface area contributed by atoms with Crippen LogP contribution in [0.4, 0.5) is 0 Å². The lowest BCUT2D eigenvalue weighted by Crippen LogP contribution is -2.35. The maximum Gasteiger partial charge on any atom is 0.0223 e. The van der Waals surface area contributed by atoms with Crippen LogP contribution in [0.5, 0.6) is 0 Å². The number of likely N-dealkylation sites (tertiary alicyclic amines) is 1. The maximum atomic E-state index is 5.66. The number of nitrogens with zero attached hydrogens (tertiary/aromatic N) is 1. The molecule has 0 aromatic rings. The number of hydrogen-bond donors (Lipinski definition) is 0. The molecule has 0 amide bonds. The molecule has 78 valence electrons. The van der Waals surface area contributed by atoms with Crippen molar-refractivity contribution in [1.29, 1.82) is 0 Å². The predicted molar refractivity (Wildman–Crippen MR) is 59.4 cm³/mol. The predicted octanol–water partition coefficient (Wildman–Crippen LogP) is 3.13. The summed E-state index contributed by atoms with van der Waals surface area (Å²) in [5, 5.41) is 0. The Balaban J connectivity index is 2.11. The van der Waals surface area contributed by atoms with Crippen LogP contribution in [0.3, 0.4) is 0 Å². The van der Waals surface area contributed by atoms with Crippen molar-refractivity contribution >= 4 is 11.6 Å². The van der Waals surface area contributed by atoms with E-state index in [4.69, 9.17) is 11.6 Å². The van der Waals surface area contributed by atoms with Crippen LogP contribution in [0.2, 0.25) is 0 Å². The standard InChI is InChI=1S/C11H22ClN/c1-2-11-6-5-9-13(10-11)8-4-3-7-12/h11H,2-10H2,1H3. The molecule has 0 N–H and O–H groups in total. The third kappa shape index (κ3) is 4.33. The number of halogens is 1. The Morgan fingerprint density at radius 1 is 1.38 bits per heavy atom. The van der Waals surface area contributed by atoms with Crippen LogP contribution in [0.1, 0.15) is 39.0 Å². The molecule has 1 unspecified atom stereocenters. The lowest BCUT2D eigenvalue weighted by molar-refractivity contribution is 0.170. The number of hydrogen-bond acceptors (Lipinski definition) is 1. The molecule has 0 aromatic carbocycles. The molecule has 2 heteroatoms. The third-order valence-electron chi connectivity index (χ3n) is 3.04. The van der Waals surface area contributed by atoms with Gasteiger partial charge in [-0.1, -0.05) is 13.3 Å². The van der Waals surface area contributed by atoms with E-state index < -0.39 is 0 Å². The minimum Gasteiger partial charge on any atom is -0.303 e. The Bertz CT molecular complexity index is 127.